The molecular weight excluding hydrogens is 719 g/mol. The number of rotatable bonds is 7. The molecule has 1 heterocycles. The molecule has 2 heteroatoms. The Hall–Kier alpha value is -7.26. The summed E-state index contributed by atoms with van der Waals surface area (Å²) in [6, 6.07) is 82.0. The van der Waals surface area contributed by atoms with E-state index in [0.717, 1.165) is 17.1 Å². The zero-order valence-electron chi connectivity index (χ0n) is 31.7. The zero-order valence-corrected chi connectivity index (χ0v) is 32.5. The zero-order chi connectivity index (χ0) is 38.4. The number of fused-ring (bicyclic) bond motifs is 5. The van der Waals surface area contributed by atoms with E-state index in [-0.39, 0.29) is 0 Å². The maximum atomic E-state index is 2.39. The SMILES string of the molecule is c1ccc(-c2ccc(N(c3ccc(-c4ccc5sc6cc7ccccc7cc6c5c4)cc3)c3ccc(-c4ccccc4)c(-c4cccc5ccccc45)c3)cc2)cc1. The van der Waals surface area contributed by atoms with Crippen molar-refractivity contribution < 1.29 is 0 Å². The first-order valence-electron chi connectivity index (χ1n) is 19.8. The Balaban J connectivity index is 1.05. The molecule has 10 aromatic carbocycles. The van der Waals surface area contributed by atoms with Gasteiger partial charge in [0.15, 0.2) is 0 Å². The van der Waals surface area contributed by atoms with Crippen LogP contribution < -0.4 is 4.90 Å². The Bertz CT molecular complexity index is 3250. The molecule has 0 amide bonds. The average Bonchev–Trinajstić information content (AvgIpc) is 3.65. The van der Waals surface area contributed by atoms with Crippen molar-refractivity contribution >= 4 is 70.1 Å². The summed E-state index contributed by atoms with van der Waals surface area (Å²) >= 11 is 1.87. The molecule has 0 N–H and O–H groups in total. The van der Waals surface area contributed by atoms with Gasteiger partial charge in [0.25, 0.3) is 0 Å². The third kappa shape index (κ3) is 6.12. The molecule has 0 bridgehead atoms. The Kier molecular flexibility index (Phi) is 8.42. The quantitative estimate of drug-likeness (QED) is 0.157. The third-order valence-electron chi connectivity index (χ3n) is 11.5. The summed E-state index contributed by atoms with van der Waals surface area (Å²) in [5.41, 5.74) is 12.9. The summed E-state index contributed by atoms with van der Waals surface area (Å²) in [6.07, 6.45) is 0. The van der Waals surface area contributed by atoms with Crippen LogP contribution in [0.2, 0.25) is 0 Å². The van der Waals surface area contributed by atoms with Crippen molar-refractivity contribution in [2.75, 3.05) is 4.90 Å². The normalized spacial score (nSPS) is 11.4. The van der Waals surface area contributed by atoms with Gasteiger partial charge in [-0.2, -0.15) is 0 Å². The van der Waals surface area contributed by atoms with Gasteiger partial charge in [0.1, 0.15) is 0 Å². The smallest absolute Gasteiger partial charge is 0.0468 e. The largest absolute Gasteiger partial charge is 0.310 e. The van der Waals surface area contributed by atoms with Crippen molar-refractivity contribution in [1.82, 2.24) is 0 Å². The summed E-state index contributed by atoms with van der Waals surface area (Å²) in [7, 11) is 0. The first kappa shape index (κ1) is 34.0. The molecule has 0 saturated heterocycles. The fourth-order valence-corrected chi connectivity index (χ4v) is 9.67. The van der Waals surface area contributed by atoms with E-state index in [9.17, 15) is 0 Å². The van der Waals surface area contributed by atoms with Gasteiger partial charge >= 0.3 is 0 Å². The van der Waals surface area contributed by atoms with Crippen molar-refractivity contribution in [3.63, 3.8) is 0 Å². The Morgan fingerprint density at radius 1 is 0.259 bits per heavy atom. The predicted molar refractivity (Wildman–Crippen MR) is 251 cm³/mol. The van der Waals surface area contributed by atoms with Crippen LogP contribution in [0.5, 0.6) is 0 Å². The van der Waals surface area contributed by atoms with Crippen LogP contribution in [0.3, 0.4) is 0 Å². The monoisotopic (exact) mass is 755 g/mol. The second kappa shape index (κ2) is 14.4. The van der Waals surface area contributed by atoms with Gasteiger partial charge in [-0.25, -0.2) is 0 Å². The number of nitrogens with zero attached hydrogens (tertiary/aromatic N) is 1. The molecule has 0 fully saturated rings. The highest BCUT2D eigenvalue weighted by molar-refractivity contribution is 7.25. The number of hydrogen-bond acceptors (Lipinski definition) is 2. The standard InChI is InChI=1S/C56H37NS/c1-3-12-38(13-4-1)39-22-27-46(28-23-39)57(48-31-32-50(41-14-5-2-6-15-41)52(37-48)51-21-11-19-42-16-9-10-20-49(42)51)47-29-24-40(25-30-47)45-26-33-55-53(35-45)54-34-43-17-7-8-18-44(43)36-56(54)58-55/h1-37H. The van der Waals surface area contributed by atoms with E-state index in [1.165, 1.54) is 86.2 Å². The molecule has 58 heavy (non-hydrogen) atoms. The Morgan fingerprint density at radius 3 is 1.52 bits per heavy atom. The van der Waals surface area contributed by atoms with Gasteiger partial charge < -0.3 is 4.90 Å². The molecule has 1 aromatic heterocycles. The van der Waals surface area contributed by atoms with E-state index in [2.05, 4.69) is 229 Å². The van der Waals surface area contributed by atoms with Gasteiger partial charge in [-0.15, -0.1) is 11.3 Å². The van der Waals surface area contributed by atoms with Crippen LogP contribution in [-0.2, 0) is 0 Å². The highest BCUT2D eigenvalue weighted by atomic mass is 32.1. The first-order chi connectivity index (χ1) is 28.7. The fraction of sp³-hybridized carbons (Fsp3) is 0. The molecule has 0 spiro atoms. The lowest BCUT2D eigenvalue weighted by Gasteiger charge is -2.27. The Morgan fingerprint density at radius 2 is 0.793 bits per heavy atom. The minimum absolute atomic E-state index is 1.10. The average molecular weight is 756 g/mol. The molecular formula is C56H37NS. The van der Waals surface area contributed by atoms with E-state index < -0.39 is 0 Å². The molecule has 1 nitrogen and oxygen atoms in total. The van der Waals surface area contributed by atoms with Gasteiger partial charge in [-0.1, -0.05) is 164 Å². The third-order valence-corrected chi connectivity index (χ3v) is 12.6. The molecule has 0 unspecified atom stereocenters. The van der Waals surface area contributed by atoms with Crippen molar-refractivity contribution in [1.29, 1.82) is 0 Å². The van der Waals surface area contributed by atoms with Crippen LogP contribution in [0.25, 0.3) is 86.2 Å². The summed E-state index contributed by atoms with van der Waals surface area (Å²) in [5.74, 6) is 0. The summed E-state index contributed by atoms with van der Waals surface area (Å²) in [4.78, 5) is 2.39. The maximum absolute atomic E-state index is 2.39. The first-order valence-corrected chi connectivity index (χ1v) is 20.6. The van der Waals surface area contributed by atoms with Gasteiger partial charge in [0, 0.05) is 37.2 Å². The van der Waals surface area contributed by atoms with E-state index in [0.29, 0.717) is 0 Å². The predicted octanol–water partition coefficient (Wildman–Crippen LogP) is 16.5. The molecule has 0 radical (unpaired) electrons. The minimum Gasteiger partial charge on any atom is -0.310 e. The second-order valence-corrected chi connectivity index (χ2v) is 16.0. The van der Waals surface area contributed by atoms with E-state index in [1.807, 2.05) is 11.3 Å². The fourth-order valence-electron chi connectivity index (χ4n) is 8.55. The van der Waals surface area contributed by atoms with Gasteiger partial charge in [0.05, 0.1) is 0 Å². The van der Waals surface area contributed by atoms with Crippen LogP contribution in [0.1, 0.15) is 0 Å². The van der Waals surface area contributed by atoms with Crippen molar-refractivity contribution in [2.24, 2.45) is 0 Å². The molecule has 0 aliphatic heterocycles. The second-order valence-electron chi connectivity index (χ2n) is 14.9. The van der Waals surface area contributed by atoms with Crippen LogP contribution in [0, 0.1) is 0 Å². The topological polar surface area (TPSA) is 3.24 Å². The van der Waals surface area contributed by atoms with Crippen molar-refractivity contribution in [2.45, 2.75) is 0 Å². The molecule has 0 atom stereocenters. The number of hydrogen-bond donors (Lipinski definition) is 0. The lowest BCUT2D eigenvalue weighted by atomic mass is 9.90. The highest BCUT2D eigenvalue weighted by Crippen LogP contribution is 2.44. The lowest BCUT2D eigenvalue weighted by Crippen LogP contribution is -2.10. The summed E-state index contributed by atoms with van der Waals surface area (Å²) in [6.45, 7) is 0. The van der Waals surface area contributed by atoms with E-state index in [4.69, 9.17) is 0 Å². The van der Waals surface area contributed by atoms with Crippen molar-refractivity contribution in [3.8, 4) is 44.5 Å². The lowest BCUT2D eigenvalue weighted by molar-refractivity contribution is 1.28. The number of benzene rings is 10. The molecule has 0 saturated carbocycles. The molecule has 0 aliphatic carbocycles. The molecule has 11 aromatic rings. The Labute approximate surface area is 342 Å². The number of thiophene rings is 1. The highest BCUT2D eigenvalue weighted by Gasteiger charge is 2.18. The summed E-state index contributed by atoms with van der Waals surface area (Å²) in [5, 5.41) is 7.67. The maximum Gasteiger partial charge on any atom is 0.0468 e. The number of anilines is 3. The van der Waals surface area contributed by atoms with Crippen LogP contribution in [-0.4, -0.2) is 0 Å². The summed E-state index contributed by atoms with van der Waals surface area (Å²) < 4.78 is 2.65. The van der Waals surface area contributed by atoms with Crippen LogP contribution in [0.4, 0.5) is 17.1 Å². The van der Waals surface area contributed by atoms with Crippen LogP contribution >= 0.6 is 11.3 Å². The molecule has 0 aliphatic rings. The van der Waals surface area contributed by atoms with Gasteiger partial charge in [0.2, 0.25) is 0 Å². The molecule has 11 rings (SSSR count). The van der Waals surface area contributed by atoms with E-state index >= 15 is 0 Å². The van der Waals surface area contributed by atoms with Crippen LogP contribution in [0.15, 0.2) is 224 Å². The molecule has 272 valence electrons. The van der Waals surface area contributed by atoms with Gasteiger partial charge in [-0.3, -0.25) is 0 Å². The van der Waals surface area contributed by atoms with E-state index in [1.54, 1.807) is 0 Å². The van der Waals surface area contributed by atoms with Gasteiger partial charge in [-0.05, 0) is 127 Å². The minimum atomic E-state index is 1.10. The van der Waals surface area contributed by atoms with Crippen molar-refractivity contribution in [3.05, 3.63) is 224 Å².